The summed E-state index contributed by atoms with van der Waals surface area (Å²) in [6, 6.07) is 10.4. The number of nitrogens with zero attached hydrogens (tertiary/aromatic N) is 2. The summed E-state index contributed by atoms with van der Waals surface area (Å²) < 4.78 is 0. The van der Waals surface area contributed by atoms with Crippen LogP contribution in [0.2, 0.25) is 10.0 Å². The average Bonchev–Trinajstić information content (AvgIpc) is 2.58. The summed E-state index contributed by atoms with van der Waals surface area (Å²) in [6.45, 7) is 0. The predicted octanol–water partition coefficient (Wildman–Crippen LogP) is 4.54. The summed E-state index contributed by atoms with van der Waals surface area (Å²) in [5.41, 5.74) is 0.0669. The molecule has 0 bridgehead atoms. The molecular formula is C16H10Cl2N2O5. The SMILES string of the molecule is O=C(O)c1ccc(Cl)c(Cl)c1.O=[N+]([O-])c1ccc2cccnc2c1O. The van der Waals surface area contributed by atoms with E-state index in [2.05, 4.69) is 4.98 Å². The van der Waals surface area contributed by atoms with Gasteiger partial charge in [0.1, 0.15) is 5.52 Å². The van der Waals surface area contributed by atoms with E-state index >= 15 is 0 Å². The van der Waals surface area contributed by atoms with E-state index < -0.39 is 10.9 Å². The van der Waals surface area contributed by atoms with Crippen LogP contribution in [-0.2, 0) is 0 Å². The van der Waals surface area contributed by atoms with Crippen LogP contribution in [0.5, 0.6) is 5.75 Å². The fraction of sp³-hybridized carbons (Fsp3) is 0. The minimum absolute atomic E-state index is 0.138. The first-order chi connectivity index (χ1) is 11.8. The van der Waals surface area contributed by atoms with E-state index in [-0.39, 0.29) is 27.5 Å². The summed E-state index contributed by atoms with van der Waals surface area (Å²) in [6.07, 6.45) is 1.48. The Morgan fingerprint density at radius 2 is 1.84 bits per heavy atom. The van der Waals surface area contributed by atoms with Gasteiger partial charge in [0, 0.05) is 17.6 Å². The topological polar surface area (TPSA) is 114 Å². The lowest BCUT2D eigenvalue weighted by Crippen LogP contribution is -1.94. The molecule has 0 amide bonds. The van der Waals surface area contributed by atoms with Crippen molar-refractivity contribution in [2.75, 3.05) is 0 Å². The van der Waals surface area contributed by atoms with Crippen molar-refractivity contribution in [1.82, 2.24) is 4.98 Å². The van der Waals surface area contributed by atoms with Crippen molar-refractivity contribution in [2.24, 2.45) is 0 Å². The maximum atomic E-state index is 10.5. The smallest absolute Gasteiger partial charge is 0.335 e. The first kappa shape index (κ1) is 18.4. The van der Waals surface area contributed by atoms with Crippen molar-refractivity contribution in [3.05, 3.63) is 74.4 Å². The third kappa shape index (κ3) is 4.34. The third-order valence-corrected chi connectivity index (χ3v) is 3.83. The number of phenolic OH excluding ortho intramolecular Hbond substituents is 1. The van der Waals surface area contributed by atoms with Gasteiger partial charge in [-0.1, -0.05) is 29.3 Å². The number of rotatable bonds is 2. The van der Waals surface area contributed by atoms with Gasteiger partial charge in [0.15, 0.2) is 0 Å². The van der Waals surface area contributed by atoms with Crippen LogP contribution in [0.15, 0.2) is 48.7 Å². The van der Waals surface area contributed by atoms with Gasteiger partial charge in [-0.15, -0.1) is 0 Å². The number of hydrogen-bond donors (Lipinski definition) is 2. The number of carboxylic acid groups (broad SMARTS) is 1. The zero-order valence-corrected chi connectivity index (χ0v) is 13.9. The zero-order valence-electron chi connectivity index (χ0n) is 12.4. The van der Waals surface area contributed by atoms with Crippen LogP contribution in [0.1, 0.15) is 10.4 Å². The number of aromatic nitrogens is 1. The number of pyridine rings is 1. The van der Waals surface area contributed by atoms with Crippen LogP contribution in [-0.4, -0.2) is 26.1 Å². The molecule has 2 N–H and O–H groups in total. The molecule has 0 spiro atoms. The molecule has 3 rings (SSSR count). The van der Waals surface area contributed by atoms with Crippen molar-refractivity contribution in [2.45, 2.75) is 0 Å². The lowest BCUT2D eigenvalue weighted by molar-refractivity contribution is -0.385. The molecule has 128 valence electrons. The molecule has 0 aliphatic carbocycles. The molecule has 0 saturated carbocycles. The molecule has 2 aromatic carbocycles. The molecule has 0 aliphatic heterocycles. The minimum Gasteiger partial charge on any atom is -0.501 e. The summed E-state index contributed by atoms with van der Waals surface area (Å²) in [7, 11) is 0. The van der Waals surface area contributed by atoms with E-state index in [0.29, 0.717) is 10.4 Å². The van der Waals surface area contributed by atoms with Gasteiger partial charge in [0.05, 0.1) is 20.5 Å². The second-order valence-corrected chi connectivity index (χ2v) is 5.51. The number of carboxylic acids is 1. The molecule has 0 unspecified atom stereocenters. The normalized spacial score (nSPS) is 10.0. The number of halogens is 2. The molecule has 7 nitrogen and oxygen atoms in total. The van der Waals surface area contributed by atoms with Crippen LogP contribution < -0.4 is 0 Å². The molecule has 0 aliphatic rings. The van der Waals surface area contributed by atoms with Gasteiger partial charge in [-0.3, -0.25) is 15.1 Å². The maximum Gasteiger partial charge on any atom is 0.335 e. The van der Waals surface area contributed by atoms with Crippen molar-refractivity contribution in [1.29, 1.82) is 0 Å². The highest BCUT2D eigenvalue weighted by Crippen LogP contribution is 2.32. The highest BCUT2D eigenvalue weighted by atomic mass is 35.5. The monoisotopic (exact) mass is 380 g/mol. The Hall–Kier alpha value is -2.90. The predicted molar refractivity (Wildman–Crippen MR) is 93.5 cm³/mol. The second-order valence-electron chi connectivity index (χ2n) is 4.70. The molecule has 1 aromatic heterocycles. The number of aromatic hydroxyl groups is 1. The van der Waals surface area contributed by atoms with Gasteiger partial charge in [0.2, 0.25) is 5.75 Å². The van der Waals surface area contributed by atoms with Crippen molar-refractivity contribution < 1.29 is 19.9 Å². The number of carbonyl (C=O) groups is 1. The fourth-order valence-corrected chi connectivity index (χ4v) is 2.19. The third-order valence-electron chi connectivity index (χ3n) is 3.09. The average molecular weight is 381 g/mol. The maximum absolute atomic E-state index is 10.5. The molecule has 0 saturated heterocycles. The number of phenols is 1. The molecular weight excluding hydrogens is 371 g/mol. The molecule has 3 aromatic rings. The van der Waals surface area contributed by atoms with Gasteiger partial charge in [-0.25, -0.2) is 4.79 Å². The largest absolute Gasteiger partial charge is 0.501 e. The first-order valence-electron chi connectivity index (χ1n) is 6.70. The van der Waals surface area contributed by atoms with Crippen LogP contribution >= 0.6 is 23.2 Å². The standard InChI is InChI=1S/C9H6N2O3.C7H4Cl2O2/c12-9-7(11(13)14)4-3-6-2-1-5-10-8(6)9;8-5-2-1-4(7(10)11)3-6(5)9/h1-5,12H;1-3H,(H,10,11). The van der Waals surface area contributed by atoms with Gasteiger partial charge in [-0.2, -0.15) is 0 Å². The van der Waals surface area contributed by atoms with Gasteiger partial charge < -0.3 is 10.2 Å². The number of nitro benzene ring substituents is 1. The van der Waals surface area contributed by atoms with Crippen LogP contribution in [0.4, 0.5) is 5.69 Å². The Balaban J connectivity index is 0.000000186. The van der Waals surface area contributed by atoms with E-state index in [9.17, 15) is 20.0 Å². The Morgan fingerprint density at radius 1 is 1.12 bits per heavy atom. The molecule has 25 heavy (non-hydrogen) atoms. The highest BCUT2D eigenvalue weighted by Gasteiger charge is 2.16. The van der Waals surface area contributed by atoms with Crippen molar-refractivity contribution in [3.63, 3.8) is 0 Å². The molecule has 9 heteroatoms. The molecule has 0 atom stereocenters. The molecule has 0 radical (unpaired) electrons. The quantitative estimate of drug-likeness (QED) is 0.498. The number of benzene rings is 2. The molecule has 0 fully saturated rings. The Kier molecular flexibility index (Phi) is 5.74. The summed E-state index contributed by atoms with van der Waals surface area (Å²) in [5.74, 6) is -1.39. The van der Waals surface area contributed by atoms with Gasteiger partial charge in [-0.05, 0) is 30.3 Å². The lowest BCUT2D eigenvalue weighted by Gasteiger charge is -1.99. The second kappa shape index (κ2) is 7.78. The van der Waals surface area contributed by atoms with E-state index in [1.165, 1.54) is 30.5 Å². The molecule has 1 heterocycles. The first-order valence-corrected chi connectivity index (χ1v) is 7.46. The highest BCUT2D eigenvalue weighted by molar-refractivity contribution is 6.42. The van der Waals surface area contributed by atoms with E-state index in [1.54, 1.807) is 18.2 Å². The number of nitro groups is 1. The van der Waals surface area contributed by atoms with E-state index in [0.717, 1.165) is 0 Å². The Morgan fingerprint density at radius 3 is 2.44 bits per heavy atom. The van der Waals surface area contributed by atoms with E-state index in [1.807, 2.05) is 0 Å². The number of aromatic carboxylic acids is 1. The minimum atomic E-state index is -1.01. The zero-order chi connectivity index (χ0) is 18.6. The summed E-state index contributed by atoms with van der Waals surface area (Å²) in [4.78, 5) is 24.1. The lowest BCUT2D eigenvalue weighted by atomic mass is 10.2. The van der Waals surface area contributed by atoms with Gasteiger partial charge in [0.25, 0.3) is 0 Å². The summed E-state index contributed by atoms with van der Waals surface area (Å²) in [5, 5.41) is 29.8. The fourth-order valence-electron chi connectivity index (χ4n) is 1.90. The van der Waals surface area contributed by atoms with Crippen LogP contribution in [0.3, 0.4) is 0 Å². The Labute approximate surface area is 151 Å². The Bertz CT molecular complexity index is 962. The van der Waals surface area contributed by atoms with Crippen LogP contribution in [0, 0.1) is 10.1 Å². The van der Waals surface area contributed by atoms with E-state index in [4.69, 9.17) is 28.3 Å². The van der Waals surface area contributed by atoms with Crippen molar-refractivity contribution in [3.8, 4) is 5.75 Å². The van der Waals surface area contributed by atoms with Gasteiger partial charge >= 0.3 is 11.7 Å². The number of hydrogen-bond acceptors (Lipinski definition) is 5. The summed E-state index contributed by atoms with van der Waals surface area (Å²) >= 11 is 11.1. The number of fused-ring (bicyclic) bond motifs is 1. The van der Waals surface area contributed by atoms with Crippen molar-refractivity contribution >= 4 is 45.8 Å². The van der Waals surface area contributed by atoms with Crippen LogP contribution in [0.25, 0.3) is 10.9 Å².